The van der Waals surface area contributed by atoms with E-state index >= 15 is 0 Å². The van der Waals surface area contributed by atoms with Crippen LogP contribution in [0, 0.1) is 11.8 Å². The zero-order chi connectivity index (χ0) is 11.5. The van der Waals surface area contributed by atoms with Gasteiger partial charge < -0.3 is 15.0 Å². The van der Waals surface area contributed by atoms with Crippen LogP contribution < -0.4 is 5.32 Å². The second-order valence-corrected chi connectivity index (χ2v) is 5.03. The summed E-state index contributed by atoms with van der Waals surface area (Å²) in [6.07, 6.45) is 2.39. The maximum atomic E-state index is 12.3. The maximum Gasteiger partial charge on any atom is 0.227 e. The monoisotopic (exact) mass is 226 g/mol. The molecule has 16 heavy (non-hydrogen) atoms. The number of carbonyl (C=O) groups excluding carboxylic acids is 1. The summed E-state index contributed by atoms with van der Waals surface area (Å²) in [5.41, 5.74) is 0. The van der Waals surface area contributed by atoms with E-state index in [1.807, 2.05) is 4.90 Å². The first kappa shape index (κ1) is 11.9. The normalized spacial score (nSPS) is 35.4. The van der Waals surface area contributed by atoms with Crippen molar-refractivity contribution in [3.63, 3.8) is 0 Å². The topological polar surface area (TPSA) is 41.6 Å². The molecule has 2 saturated heterocycles. The van der Waals surface area contributed by atoms with Gasteiger partial charge in [0.1, 0.15) is 0 Å². The number of carbonyl (C=O) groups is 1. The summed E-state index contributed by atoms with van der Waals surface area (Å²) >= 11 is 0. The summed E-state index contributed by atoms with van der Waals surface area (Å²) in [6, 6.07) is 0. The zero-order valence-corrected chi connectivity index (χ0v) is 10.2. The minimum absolute atomic E-state index is 0.176. The first-order valence-electron chi connectivity index (χ1n) is 6.24. The van der Waals surface area contributed by atoms with Crippen LogP contribution in [0.3, 0.4) is 0 Å². The lowest BCUT2D eigenvalue weighted by Gasteiger charge is -2.34. The number of nitrogens with zero attached hydrogens (tertiary/aromatic N) is 1. The van der Waals surface area contributed by atoms with Gasteiger partial charge in [0.05, 0.1) is 12.0 Å². The van der Waals surface area contributed by atoms with E-state index in [1.54, 1.807) is 7.11 Å². The van der Waals surface area contributed by atoms with Crippen molar-refractivity contribution in [2.75, 3.05) is 33.3 Å². The Balaban J connectivity index is 1.93. The molecule has 2 heterocycles. The molecule has 2 aliphatic rings. The molecular weight excluding hydrogens is 204 g/mol. The van der Waals surface area contributed by atoms with Crippen molar-refractivity contribution in [2.45, 2.75) is 25.9 Å². The highest BCUT2D eigenvalue weighted by molar-refractivity contribution is 5.79. The van der Waals surface area contributed by atoms with E-state index in [9.17, 15) is 4.79 Å². The molecule has 0 aromatic rings. The second-order valence-electron chi connectivity index (χ2n) is 5.03. The number of likely N-dealkylation sites (tertiary alicyclic amines) is 1. The lowest BCUT2D eigenvalue weighted by Crippen LogP contribution is -2.46. The van der Waals surface area contributed by atoms with Crippen molar-refractivity contribution in [1.82, 2.24) is 10.2 Å². The van der Waals surface area contributed by atoms with Crippen LogP contribution in [0.25, 0.3) is 0 Å². The third-order valence-corrected chi connectivity index (χ3v) is 3.86. The lowest BCUT2D eigenvalue weighted by atomic mass is 9.95. The molecule has 0 spiro atoms. The van der Waals surface area contributed by atoms with Crippen LogP contribution in [0.5, 0.6) is 0 Å². The van der Waals surface area contributed by atoms with Crippen LogP contribution in [0.2, 0.25) is 0 Å². The predicted molar refractivity (Wildman–Crippen MR) is 62.1 cm³/mol. The van der Waals surface area contributed by atoms with E-state index < -0.39 is 0 Å². The molecule has 3 atom stereocenters. The van der Waals surface area contributed by atoms with Crippen LogP contribution in [0.1, 0.15) is 19.8 Å². The molecule has 0 bridgehead atoms. The third-order valence-electron chi connectivity index (χ3n) is 3.86. The highest BCUT2D eigenvalue weighted by Gasteiger charge is 2.34. The molecule has 4 nitrogen and oxygen atoms in total. The van der Waals surface area contributed by atoms with Gasteiger partial charge >= 0.3 is 0 Å². The maximum absolute atomic E-state index is 12.3. The van der Waals surface area contributed by atoms with Gasteiger partial charge in [-0.2, -0.15) is 0 Å². The van der Waals surface area contributed by atoms with Gasteiger partial charge in [-0.1, -0.05) is 6.92 Å². The molecule has 0 saturated carbocycles. The number of nitrogens with one attached hydrogen (secondary N) is 1. The van der Waals surface area contributed by atoms with E-state index in [0.29, 0.717) is 11.8 Å². The van der Waals surface area contributed by atoms with Gasteiger partial charge in [-0.25, -0.2) is 0 Å². The lowest BCUT2D eigenvalue weighted by molar-refractivity contribution is -0.139. The molecule has 3 unspecified atom stereocenters. The summed E-state index contributed by atoms with van der Waals surface area (Å²) in [5, 5.41) is 3.29. The quantitative estimate of drug-likeness (QED) is 0.744. The fraction of sp³-hybridized carbons (Fsp3) is 0.917. The number of amides is 1. The number of piperidine rings is 1. The summed E-state index contributed by atoms with van der Waals surface area (Å²) in [4.78, 5) is 14.3. The largest absolute Gasteiger partial charge is 0.380 e. The highest BCUT2D eigenvalue weighted by atomic mass is 16.5. The van der Waals surface area contributed by atoms with Gasteiger partial charge in [-0.3, -0.25) is 4.79 Å². The van der Waals surface area contributed by atoms with Gasteiger partial charge in [0, 0.05) is 26.7 Å². The van der Waals surface area contributed by atoms with Gasteiger partial charge in [0.15, 0.2) is 0 Å². The molecule has 1 N–H and O–H groups in total. The Morgan fingerprint density at radius 2 is 2.25 bits per heavy atom. The average molecular weight is 226 g/mol. The minimum atomic E-state index is 0.176. The Bertz CT molecular complexity index is 257. The Morgan fingerprint density at radius 3 is 2.88 bits per heavy atom. The van der Waals surface area contributed by atoms with E-state index in [2.05, 4.69) is 12.2 Å². The fourth-order valence-corrected chi connectivity index (χ4v) is 2.71. The smallest absolute Gasteiger partial charge is 0.227 e. The van der Waals surface area contributed by atoms with Crippen LogP contribution in [-0.4, -0.2) is 50.2 Å². The molecule has 0 radical (unpaired) electrons. The Hall–Kier alpha value is -0.610. The first-order valence-corrected chi connectivity index (χ1v) is 6.24. The van der Waals surface area contributed by atoms with E-state index in [1.165, 1.54) is 0 Å². The molecule has 0 aliphatic carbocycles. The molecular formula is C12H22N2O2. The molecule has 4 heteroatoms. The number of hydrogen-bond donors (Lipinski definition) is 1. The molecule has 1 amide bonds. The van der Waals surface area contributed by atoms with E-state index in [0.717, 1.165) is 39.0 Å². The van der Waals surface area contributed by atoms with Crippen LogP contribution in [-0.2, 0) is 9.53 Å². The van der Waals surface area contributed by atoms with Crippen molar-refractivity contribution < 1.29 is 9.53 Å². The van der Waals surface area contributed by atoms with Crippen LogP contribution in [0.15, 0.2) is 0 Å². The molecule has 2 rings (SSSR count). The van der Waals surface area contributed by atoms with Crippen molar-refractivity contribution in [3.05, 3.63) is 0 Å². The summed E-state index contributed by atoms with van der Waals surface area (Å²) in [7, 11) is 1.73. The Morgan fingerprint density at radius 1 is 1.44 bits per heavy atom. The molecule has 0 aromatic heterocycles. The van der Waals surface area contributed by atoms with Gasteiger partial charge in [-0.15, -0.1) is 0 Å². The van der Waals surface area contributed by atoms with Crippen molar-refractivity contribution >= 4 is 5.91 Å². The van der Waals surface area contributed by atoms with E-state index in [4.69, 9.17) is 4.74 Å². The standard InChI is InChI=1S/C12H22N2O2/c1-9-6-13-7-11(9)12(15)14-5-3-4-10(8-14)16-2/h9-11,13H,3-8H2,1-2H3. The Labute approximate surface area is 97.3 Å². The first-order chi connectivity index (χ1) is 7.72. The van der Waals surface area contributed by atoms with Crippen LogP contribution >= 0.6 is 0 Å². The molecule has 2 fully saturated rings. The van der Waals surface area contributed by atoms with Crippen molar-refractivity contribution in [3.8, 4) is 0 Å². The SMILES string of the molecule is COC1CCCN(C(=O)C2CNCC2C)C1. The predicted octanol–water partition coefficient (Wildman–Crippen LogP) is 0.479. The highest BCUT2D eigenvalue weighted by Crippen LogP contribution is 2.21. The molecule has 2 aliphatic heterocycles. The van der Waals surface area contributed by atoms with Gasteiger partial charge in [-0.05, 0) is 25.3 Å². The van der Waals surface area contributed by atoms with Crippen LogP contribution in [0.4, 0.5) is 0 Å². The minimum Gasteiger partial charge on any atom is -0.380 e. The number of ether oxygens (including phenoxy) is 1. The van der Waals surface area contributed by atoms with E-state index in [-0.39, 0.29) is 12.0 Å². The number of methoxy groups -OCH3 is 1. The van der Waals surface area contributed by atoms with Crippen molar-refractivity contribution in [1.29, 1.82) is 0 Å². The zero-order valence-electron chi connectivity index (χ0n) is 10.2. The summed E-state index contributed by atoms with van der Waals surface area (Å²) < 4.78 is 5.35. The third kappa shape index (κ3) is 2.38. The Kier molecular flexibility index (Phi) is 3.82. The summed E-state index contributed by atoms with van der Waals surface area (Å²) in [5.74, 6) is 0.963. The summed E-state index contributed by atoms with van der Waals surface area (Å²) in [6.45, 7) is 5.65. The number of rotatable bonds is 2. The molecule has 92 valence electrons. The fourth-order valence-electron chi connectivity index (χ4n) is 2.71. The number of hydrogen-bond acceptors (Lipinski definition) is 3. The second kappa shape index (κ2) is 5.15. The average Bonchev–Trinajstić information content (AvgIpc) is 2.74. The van der Waals surface area contributed by atoms with Crippen molar-refractivity contribution in [2.24, 2.45) is 11.8 Å². The molecule has 0 aromatic carbocycles. The van der Waals surface area contributed by atoms with Gasteiger partial charge in [0.25, 0.3) is 0 Å². The van der Waals surface area contributed by atoms with Gasteiger partial charge in [0.2, 0.25) is 5.91 Å².